The van der Waals surface area contributed by atoms with Gasteiger partial charge in [-0.2, -0.15) is 0 Å². The molecule has 9 heteroatoms. The van der Waals surface area contributed by atoms with Crippen molar-refractivity contribution in [2.45, 2.75) is 20.0 Å². The molecule has 0 spiro atoms. The molecule has 2 aromatic heterocycles. The maximum atomic E-state index is 13.6. The summed E-state index contributed by atoms with van der Waals surface area (Å²) in [5, 5.41) is 1.82. The van der Waals surface area contributed by atoms with Crippen LogP contribution in [0.3, 0.4) is 0 Å². The lowest BCUT2D eigenvalue weighted by molar-refractivity contribution is -0.119. The van der Waals surface area contributed by atoms with E-state index in [4.69, 9.17) is 11.6 Å². The van der Waals surface area contributed by atoms with Crippen molar-refractivity contribution in [2.24, 2.45) is 7.05 Å². The highest BCUT2D eigenvalue weighted by atomic mass is 35.5. The predicted octanol–water partition coefficient (Wildman–Crippen LogP) is 2.94. The molecule has 0 unspecified atom stereocenters. The number of aromatic nitrogens is 2. The van der Waals surface area contributed by atoms with Gasteiger partial charge in [0.05, 0.1) is 11.6 Å². The van der Waals surface area contributed by atoms with E-state index in [-0.39, 0.29) is 18.1 Å². The molecule has 0 saturated heterocycles. The van der Waals surface area contributed by atoms with E-state index in [1.54, 1.807) is 0 Å². The van der Waals surface area contributed by atoms with Crippen molar-refractivity contribution in [3.05, 3.63) is 84.0 Å². The zero-order valence-electron chi connectivity index (χ0n) is 15.2. The summed E-state index contributed by atoms with van der Waals surface area (Å²) in [7, 11) is 1.35. The summed E-state index contributed by atoms with van der Waals surface area (Å²) in [6.45, 7) is 1.92. The zero-order chi connectivity index (χ0) is 20.4. The van der Waals surface area contributed by atoms with Crippen LogP contribution in [0.15, 0.2) is 51.5 Å². The maximum absolute atomic E-state index is 13.6. The molecule has 0 atom stereocenters. The number of benzene rings is 1. The van der Waals surface area contributed by atoms with Gasteiger partial charge in [-0.15, -0.1) is 11.3 Å². The first-order valence-corrected chi connectivity index (χ1v) is 9.58. The molecule has 1 aromatic carbocycles. The third-order valence-corrected chi connectivity index (χ3v) is 5.65. The molecule has 146 valence electrons. The number of carbonyl (C=O) groups is 1. The molecule has 3 aromatic rings. The molecule has 1 amide bonds. The molecule has 0 N–H and O–H groups in total. The fraction of sp³-hybridized carbons (Fsp3) is 0.211. The summed E-state index contributed by atoms with van der Waals surface area (Å²) in [4.78, 5) is 39.2. The van der Waals surface area contributed by atoms with Crippen molar-refractivity contribution in [2.75, 3.05) is 4.90 Å². The number of aryl methyl sites for hydroxylation is 1. The van der Waals surface area contributed by atoms with E-state index in [0.29, 0.717) is 5.69 Å². The Morgan fingerprint density at radius 2 is 2.00 bits per heavy atom. The van der Waals surface area contributed by atoms with Crippen LogP contribution in [0.5, 0.6) is 0 Å². The van der Waals surface area contributed by atoms with Gasteiger partial charge in [0.25, 0.3) is 5.56 Å². The highest BCUT2D eigenvalue weighted by Gasteiger charge is 2.20. The highest BCUT2D eigenvalue weighted by molar-refractivity contribution is 7.10. The average molecular weight is 422 g/mol. The van der Waals surface area contributed by atoms with E-state index in [2.05, 4.69) is 0 Å². The zero-order valence-corrected chi connectivity index (χ0v) is 16.8. The number of nitrogens with zero attached hydrogens (tertiary/aromatic N) is 3. The second kappa shape index (κ2) is 8.12. The number of amides is 1. The van der Waals surface area contributed by atoms with Crippen LogP contribution in [0.4, 0.5) is 10.1 Å². The molecule has 3 rings (SSSR count). The topological polar surface area (TPSA) is 64.3 Å². The number of anilines is 1. The summed E-state index contributed by atoms with van der Waals surface area (Å²) >= 11 is 7.39. The molecular weight excluding hydrogens is 405 g/mol. The predicted molar refractivity (Wildman–Crippen MR) is 108 cm³/mol. The standard InChI is InChI=1S/C19H17ClFN3O3S/c1-12-6-8-28-16(12)10-24(13-3-4-15(21)14(20)9-13)18(26)11-23-7-5-17(25)22(2)19(23)27/h3-9H,10-11H2,1-2H3. The number of thiophene rings is 1. The van der Waals surface area contributed by atoms with Crippen LogP contribution >= 0.6 is 22.9 Å². The second-order valence-corrected chi connectivity index (χ2v) is 7.64. The minimum atomic E-state index is -0.592. The Bertz CT molecular complexity index is 1150. The van der Waals surface area contributed by atoms with Crippen LogP contribution in [-0.4, -0.2) is 15.0 Å². The molecular formula is C19H17ClFN3O3S. The monoisotopic (exact) mass is 421 g/mol. The minimum absolute atomic E-state index is 0.0996. The van der Waals surface area contributed by atoms with E-state index in [0.717, 1.165) is 19.6 Å². The van der Waals surface area contributed by atoms with Crippen LogP contribution in [0.1, 0.15) is 10.4 Å². The molecule has 0 radical (unpaired) electrons. The number of rotatable bonds is 5. The lowest BCUT2D eigenvalue weighted by atomic mass is 10.2. The first kappa shape index (κ1) is 20.0. The second-order valence-electron chi connectivity index (χ2n) is 6.23. The van der Waals surface area contributed by atoms with Gasteiger partial charge >= 0.3 is 5.69 Å². The molecule has 0 aliphatic carbocycles. The van der Waals surface area contributed by atoms with Crippen molar-refractivity contribution in [3.63, 3.8) is 0 Å². The number of hydrogen-bond donors (Lipinski definition) is 0. The largest absolute Gasteiger partial charge is 0.331 e. The van der Waals surface area contributed by atoms with E-state index in [1.807, 2.05) is 18.4 Å². The van der Waals surface area contributed by atoms with Gasteiger partial charge in [-0.05, 0) is 42.1 Å². The van der Waals surface area contributed by atoms with Crippen LogP contribution in [-0.2, 0) is 24.9 Å². The Morgan fingerprint density at radius 3 is 2.64 bits per heavy atom. The first-order valence-electron chi connectivity index (χ1n) is 8.33. The van der Waals surface area contributed by atoms with Gasteiger partial charge in [-0.1, -0.05) is 11.6 Å². The van der Waals surface area contributed by atoms with Gasteiger partial charge in [0.15, 0.2) is 0 Å². The van der Waals surface area contributed by atoms with E-state index in [9.17, 15) is 18.8 Å². The minimum Gasteiger partial charge on any atom is -0.306 e. The van der Waals surface area contributed by atoms with Gasteiger partial charge < -0.3 is 4.90 Å². The summed E-state index contributed by atoms with van der Waals surface area (Å²) < 4.78 is 15.7. The molecule has 2 heterocycles. The normalized spacial score (nSPS) is 10.9. The summed E-state index contributed by atoms with van der Waals surface area (Å²) in [6.07, 6.45) is 1.29. The van der Waals surface area contributed by atoms with Gasteiger partial charge in [-0.25, -0.2) is 9.18 Å². The third-order valence-electron chi connectivity index (χ3n) is 4.35. The van der Waals surface area contributed by atoms with E-state index >= 15 is 0 Å². The molecule has 0 saturated carbocycles. The van der Waals surface area contributed by atoms with Crippen LogP contribution in [0.2, 0.25) is 5.02 Å². The molecule has 0 bridgehead atoms. The van der Waals surface area contributed by atoms with Crippen LogP contribution < -0.4 is 16.1 Å². The van der Waals surface area contributed by atoms with Crippen molar-refractivity contribution < 1.29 is 9.18 Å². The fourth-order valence-electron chi connectivity index (χ4n) is 2.65. The Labute approximate surface area is 169 Å². The van der Waals surface area contributed by atoms with Crippen molar-refractivity contribution in [1.82, 2.24) is 9.13 Å². The number of halogens is 2. The smallest absolute Gasteiger partial charge is 0.306 e. The molecule has 0 aliphatic rings. The summed E-state index contributed by atoms with van der Waals surface area (Å²) in [5.41, 5.74) is 0.396. The van der Waals surface area contributed by atoms with E-state index < -0.39 is 23.0 Å². The SMILES string of the molecule is Cc1ccsc1CN(C(=O)Cn1ccc(=O)n(C)c1=O)c1ccc(F)c(Cl)c1. The van der Waals surface area contributed by atoms with E-state index in [1.165, 1.54) is 53.7 Å². The molecule has 6 nitrogen and oxygen atoms in total. The molecule has 0 aliphatic heterocycles. The first-order chi connectivity index (χ1) is 13.3. The fourth-order valence-corrected chi connectivity index (χ4v) is 3.72. The van der Waals surface area contributed by atoms with Gasteiger partial charge in [0.1, 0.15) is 12.4 Å². The highest BCUT2D eigenvalue weighted by Crippen LogP contribution is 2.26. The van der Waals surface area contributed by atoms with Crippen molar-refractivity contribution >= 4 is 34.5 Å². The number of hydrogen-bond acceptors (Lipinski definition) is 4. The quantitative estimate of drug-likeness (QED) is 0.636. The Kier molecular flexibility index (Phi) is 5.81. The Hall–Kier alpha value is -2.71. The van der Waals surface area contributed by atoms with Crippen molar-refractivity contribution in [3.8, 4) is 0 Å². The Balaban J connectivity index is 1.98. The van der Waals surface area contributed by atoms with Gasteiger partial charge in [0.2, 0.25) is 5.91 Å². The van der Waals surface area contributed by atoms with Crippen molar-refractivity contribution in [1.29, 1.82) is 0 Å². The van der Waals surface area contributed by atoms with Gasteiger partial charge in [-0.3, -0.25) is 18.7 Å². The number of carbonyl (C=O) groups excluding carboxylic acids is 1. The maximum Gasteiger partial charge on any atom is 0.331 e. The third kappa shape index (κ3) is 4.07. The molecule has 0 fully saturated rings. The average Bonchev–Trinajstić information content (AvgIpc) is 3.07. The Morgan fingerprint density at radius 1 is 1.25 bits per heavy atom. The van der Waals surface area contributed by atoms with Crippen LogP contribution in [0.25, 0.3) is 0 Å². The van der Waals surface area contributed by atoms with Crippen LogP contribution in [0, 0.1) is 12.7 Å². The summed E-state index contributed by atoms with van der Waals surface area (Å²) in [6, 6.07) is 7.19. The lowest BCUT2D eigenvalue weighted by Crippen LogP contribution is -2.41. The summed E-state index contributed by atoms with van der Waals surface area (Å²) in [5.74, 6) is -0.976. The lowest BCUT2D eigenvalue weighted by Gasteiger charge is -2.23. The van der Waals surface area contributed by atoms with Gasteiger partial charge in [0, 0.05) is 29.9 Å². The molecule has 28 heavy (non-hydrogen) atoms.